The quantitative estimate of drug-likeness (QED) is 0.357. The SMILES string of the molecule is C#Cc1cc(OC2CCNCC2)c2nc(Nc3cc(NC(C)=O)cc(-c4cncnc4)c3)ncc2c1. The lowest BCUT2D eigenvalue weighted by atomic mass is 10.1. The molecule has 4 aromatic rings. The van der Waals surface area contributed by atoms with Gasteiger partial charge in [0.2, 0.25) is 11.9 Å². The Hall–Kier alpha value is -4.55. The Bertz CT molecular complexity index is 1440. The average molecular weight is 480 g/mol. The molecular formula is C27H25N7O2. The molecule has 0 aliphatic carbocycles. The van der Waals surface area contributed by atoms with Gasteiger partial charge in [-0.1, -0.05) is 5.92 Å². The third-order valence-electron chi connectivity index (χ3n) is 5.80. The standard InChI is InChI=1S/C27H25N7O2/c1-3-18-8-20-15-31-27(34-26(20)25(9-18)36-24-4-6-28-7-5-24)33-23-11-19(21-13-29-16-30-14-21)10-22(12-23)32-17(2)35/h1,8-16,24,28H,4-7H2,2H3,(H,32,35)(H,31,33,34). The first kappa shape index (κ1) is 23.2. The Labute approximate surface area is 208 Å². The summed E-state index contributed by atoms with van der Waals surface area (Å²) in [7, 11) is 0. The van der Waals surface area contributed by atoms with Crippen molar-refractivity contribution in [1.29, 1.82) is 0 Å². The molecule has 5 rings (SSSR count). The van der Waals surface area contributed by atoms with Crippen molar-refractivity contribution in [2.24, 2.45) is 0 Å². The number of nitrogens with one attached hydrogen (secondary N) is 3. The number of carbonyl (C=O) groups is 1. The van der Waals surface area contributed by atoms with Crippen molar-refractivity contribution in [3.05, 3.63) is 60.8 Å². The lowest BCUT2D eigenvalue weighted by Gasteiger charge is -2.24. The van der Waals surface area contributed by atoms with E-state index in [9.17, 15) is 4.79 Å². The first-order valence-corrected chi connectivity index (χ1v) is 11.7. The average Bonchev–Trinajstić information content (AvgIpc) is 2.89. The summed E-state index contributed by atoms with van der Waals surface area (Å²) in [6, 6.07) is 9.33. The summed E-state index contributed by atoms with van der Waals surface area (Å²) in [5.74, 6) is 3.55. The number of hydrogen-bond donors (Lipinski definition) is 3. The number of fused-ring (bicyclic) bond motifs is 1. The normalized spacial score (nSPS) is 13.7. The zero-order chi connectivity index (χ0) is 24.9. The van der Waals surface area contributed by atoms with Gasteiger partial charge in [0.15, 0.2) is 0 Å². The Morgan fingerprint density at radius 1 is 1.06 bits per heavy atom. The van der Waals surface area contributed by atoms with Crippen molar-refractivity contribution in [2.75, 3.05) is 23.7 Å². The highest BCUT2D eigenvalue weighted by Crippen LogP contribution is 2.31. The van der Waals surface area contributed by atoms with E-state index in [1.807, 2.05) is 30.3 Å². The van der Waals surface area contributed by atoms with E-state index >= 15 is 0 Å². The number of benzene rings is 2. The fourth-order valence-electron chi connectivity index (χ4n) is 4.16. The minimum atomic E-state index is -0.173. The molecule has 1 fully saturated rings. The molecule has 0 radical (unpaired) electrons. The van der Waals surface area contributed by atoms with Gasteiger partial charge in [-0.2, -0.15) is 0 Å². The maximum Gasteiger partial charge on any atom is 0.227 e. The lowest BCUT2D eigenvalue weighted by Crippen LogP contribution is -2.34. The second-order valence-corrected chi connectivity index (χ2v) is 8.55. The van der Waals surface area contributed by atoms with Gasteiger partial charge < -0.3 is 20.7 Å². The molecule has 0 unspecified atom stereocenters. The van der Waals surface area contributed by atoms with Crippen LogP contribution in [0.4, 0.5) is 17.3 Å². The van der Waals surface area contributed by atoms with E-state index < -0.39 is 0 Å². The van der Waals surface area contributed by atoms with Gasteiger partial charge in [0, 0.05) is 53.4 Å². The molecular weight excluding hydrogens is 454 g/mol. The number of amides is 1. The van der Waals surface area contributed by atoms with Gasteiger partial charge in [-0.05, 0) is 61.8 Å². The molecule has 0 spiro atoms. The van der Waals surface area contributed by atoms with Crippen LogP contribution in [0.25, 0.3) is 22.0 Å². The molecule has 0 atom stereocenters. The number of terminal acetylenes is 1. The zero-order valence-electron chi connectivity index (χ0n) is 19.8. The molecule has 2 aromatic heterocycles. The molecule has 0 bridgehead atoms. The van der Waals surface area contributed by atoms with Gasteiger partial charge in [0.25, 0.3) is 0 Å². The van der Waals surface area contributed by atoms with E-state index in [1.54, 1.807) is 18.6 Å². The summed E-state index contributed by atoms with van der Waals surface area (Å²) in [5, 5.41) is 10.2. The first-order valence-electron chi connectivity index (χ1n) is 11.7. The summed E-state index contributed by atoms with van der Waals surface area (Å²) in [4.78, 5) is 29.2. The number of carbonyl (C=O) groups excluding carboxylic acids is 1. The van der Waals surface area contributed by atoms with E-state index in [0.29, 0.717) is 34.2 Å². The summed E-state index contributed by atoms with van der Waals surface area (Å²) in [6.07, 6.45) is 14.2. The smallest absolute Gasteiger partial charge is 0.227 e. The molecule has 36 heavy (non-hydrogen) atoms. The summed E-state index contributed by atoms with van der Waals surface area (Å²) in [6.45, 7) is 3.30. The summed E-state index contributed by atoms with van der Waals surface area (Å²) >= 11 is 0. The number of aromatic nitrogens is 4. The number of anilines is 3. The topological polar surface area (TPSA) is 114 Å². The summed E-state index contributed by atoms with van der Waals surface area (Å²) in [5.41, 5.74) is 4.36. The van der Waals surface area contributed by atoms with Crippen LogP contribution in [-0.4, -0.2) is 45.0 Å². The number of hydrogen-bond acceptors (Lipinski definition) is 8. The van der Waals surface area contributed by atoms with E-state index in [0.717, 1.165) is 42.4 Å². The fourth-order valence-corrected chi connectivity index (χ4v) is 4.16. The van der Waals surface area contributed by atoms with Gasteiger partial charge in [-0.3, -0.25) is 4.79 Å². The van der Waals surface area contributed by atoms with E-state index in [1.165, 1.54) is 13.3 Å². The molecule has 1 saturated heterocycles. The molecule has 9 heteroatoms. The highest BCUT2D eigenvalue weighted by molar-refractivity contribution is 5.91. The van der Waals surface area contributed by atoms with Gasteiger partial charge in [0.1, 0.15) is 23.7 Å². The van der Waals surface area contributed by atoms with Crippen LogP contribution in [0.5, 0.6) is 5.75 Å². The van der Waals surface area contributed by atoms with Crippen LogP contribution in [0.2, 0.25) is 0 Å². The monoisotopic (exact) mass is 479 g/mol. The van der Waals surface area contributed by atoms with E-state index in [-0.39, 0.29) is 12.0 Å². The van der Waals surface area contributed by atoms with Crippen molar-refractivity contribution in [3.63, 3.8) is 0 Å². The summed E-state index contributed by atoms with van der Waals surface area (Å²) < 4.78 is 6.34. The van der Waals surface area contributed by atoms with Crippen LogP contribution in [0.3, 0.4) is 0 Å². The second kappa shape index (κ2) is 10.4. The number of ether oxygens (including phenoxy) is 1. The Morgan fingerprint density at radius 3 is 2.58 bits per heavy atom. The maximum absolute atomic E-state index is 11.7. The van der Waals surface area contributed by atoms with Crippen molar-refractivity contribution in [1.82, 2.24) is 25.3 Å². The van der Waals surface area contributed by atoms with Crippen molar-refractivity contribution in [3.8, 4) is 29.2 Å². The predicted octanol–water partition coefficient (Wildman–Crippen LogP) is 3.90. The Kier molecular flexibility index (Phi) is 6.69. The molecule has 9 nitrogen and oxygen atoms in total. The highest BCUT2D eigenvalue weighted by Gasteiger charge is 2.17. The van der Waals surface area contributed by atoms with E-state index in [2.05, 4.69) is 36.8 Å². The number of rotatable bonds is 6. The second-order valence-electron chi connectivity index (χ2n) is 8.55. The molecule has 1 amide bonds. The van der Waals surface area contributed by atoms with Crippen LogP contribution in [0, 0.1) is 12.3 Å². The Balaban J connectivity index is 1.51. The van der Waals surface area contributed by atoms with Crippen molar-refractivity contribution >= 4 is 34.1 Å². The van der Waals surface area contributed by atoms with Gasteiger partial charge >= 0.3 is 0 Å². The molecule has 1 aliphatic rings. The predicted molar refractivity (Wildman–Crippen MR) is 139 cm³/mol. The van der Waals surface area contributed by atoms with Gasteiger partial charge in [0.05, 0.1) is 0 Å². The molecule has 2 aromatic carbocycles. The maximum atomic E-state index is 11.7. The zero-order valence-corrected chi connectivity index (χ0v) is 19.8. The van der Waals surface area contributed by atoms with Crippen LogP contribution in [0.1, 0.15) is 25.3 Å². The molecule has 180 valence electrons. The van der Waals surface area contributed by atoms with E-state index in [4.69, 9.17) is 16.1 Å². The number of nitrogens with zero attached hydrogens (tertiary/aromatic N) is 4. The van der Waals surface area contributed by atoms with Crippen LogP contribution >= 0.6 is 0 Å². The number of piperidine rings is 1. The van der Waals surface area contributed by atoms with Crippen molar-refractivity contribution < 1.29 is 9.53 Å². The van der Waals surface area contributed by atoms with Crippen LogP contribution in [0.15, 0.2) is 55.2 Å². The minimum Gasteiger partial charge on any atom is -0.488 e. The van der Waals surface area contributed by atoms with Crippen LogP contribution in [-0.2, 0) is 4.79 Å². The van der Waals surface area contributed by atoms with Gasteiger partial charge in [-0.25, -0.2) is 19.9 Å². The molecule has 0 saturated carbocycles. The Morgan fingerprint density at radius 2 is 1.83 bits per heavy atom. The third-order valence-corrected chi connectivity index (χ3v) is 5.80. The van der Waals surface area contributed by atoms with Crippen LogP contribution < -0.4 is 20.7 Å². The van der Waals surface area contributed by atoms with Gasteiger partial charge in [-0.15, -0.1) is 6.42 Å². The third kappa shape index (κ3) is 5.40. The lowest BCUT2D eigenvalue weighted by molar-refractivity contribution is -0.114. The molecule has 3 N–H and O–H groups in total. The van der Waals surface area contributed by atoms with Crippen molar-refractivity contribution in [2.45, 2.75) is 25.9 Å². The largest absolute Gasteiger partial charge is 0.488 e. The highest BCUT2D eigenvalue weighted by atomic mass is 16.5. The molecule has 3 heterocycles. The fraction of sp³-hybridized carbons (Fsp3) is 0.222. The minimum absolute atomic E-state index is 0.0961. The first-order chi connectivity index (χ1) is 17.6. The molecule has 1 aliphatic heterocycles.